The Morgan fingerprint density at radius 3 is 2.92 bits per heavy atom. The van der Waals surface area contributed by atoms with Crippen LogP contribution in [0.4, 0.5) is 0 Å². The number of aliphatic hydroxyl groups excluding tert-OH is 1. The van der Waals surface area contributed by atoms with Crippen molar-refractivity contribution in [2.45, 2.75) is 25.0 Å². The molecule has 0 amide bonds. The van der Waals surface area contributed by atoms with Crippen LogP contribution in [0.5, 0.6) is 5.75 Å². The average molecular weight is 342 g/mol. The molecule has 6 heteroatoms. The molecule has 1 aromatic heterocycles. The molecular weight excluding hydrogens is 320 g/mol. The van der Waals surface area contributed by atoms with Gasteiger partial charge in [-0.15, -0.1) is 0 Å². The molecule has 2 aromatic rings. The number of benzene rings is 1. The van der Waals surface area contributed by atoms with Gasteiger partial charge < -0.3 is 14.9 Å². The highest BCUT2D eigenvalue weighted by molar-refractivity contribution is 5.84. The number of hydrogen-bond acceptors (Lipinski definition) is 5. The summed E-state index contributed by atoms with van der Waals surface area (Å²) >= 11 is 0. The lowest BCUT2D eigenvalue weighted by Crippen LogP contribution is -2.57. The molecule has 0 spiro atoms. The summed E-state index contributed by atoms with van der Waals surface area (Å²) in [5, 5.41) is 21.4. The molecular formula is C19H22N2O4. The summed E-state index contributed by atoms with van der Waals surface area (Å²) < 4.78 is 5.31. The molecule has 3 aliphatic heterocycles. The summed E-state index contributed by atoms with van der Waals surface area (Å²) in [4.78, 5) is 17.9. The van der Waals surface area contributed by atoms with Gasteiger partial charge in [0.2, 0.25) is 0 Å². The maximum absolute atomic E-state index is 11.4. The molecule has 132 valence electrons. The van der Waals surface area contributed by atoms with Gasteiger partial charge in [0, 0.05) is 24.2 Å². The molecule has 3 aliphatic rings. The fraction of sp³-hybridized carbons (Fsp3) is 0.474. The average Bonchev–Trinajstić information content (AvgIpc) is 2.66. The van der Waals surface area contributed by atoms with E-state index in [0.29, 0.717) is 13.0 Å². The Bertz CT molecular complexity index is 809. The van der Waals surface area contributed by atoms with Gasteiger partial charge in [0.15, 0.2) is 0 Å². The highest BCUT2D eigenvalue weighted by atomic mass is 16.5. The first-order valence-electron chi connectivity index (χ1n) is 8.66. The third-order valence-electron chi connectivity index (χ3n) is 5.78. The van der Waals surface area contributed by atoms with Crippen molar-refractivity contribution in [2.75, 3.05) is 20.2 Å². The minimum absolute atomic E-state index is 0.0499. The summed E-state index contributed by atoms with van der Waals surface area (Å²) in [6.45, 7) is 1.37. The van der Waals surface area contributed by atoms with Gasteiger partial charge in [0.25, 0.3) is 0 Å². The van der Waals surface area contributed by atoms with Crippen LogP contribution in [0.15, 0.2) is 30.5 Å². The molecule has 0 aliphatic carbocycles. The van der Waals surface area contributed by atoms with Crippen molar-refractivity contribution in [2.24, 2.45) is 11.8 Å². The van der Waals surface area contributed by atoms with Crippen LogP contribution in [0, 0.1) is 11.8 Å². The molecule has 25 heavy (non-hydrogen) atoms. The van der Waals surface area contributed by atoms with Gasteiger partial charge in [-0.1, -0.05) is 0 Å². The van der Waals surface area contributed by atoms with Crippen LogP contribution in [0.25, 0.3) is 10.9 Å². The SMILES string of the molecule is COc1ccc2nccc([C@@H](O)[C@@H]3C[C@@H]4CCN3C[C@@H]4C(=O)O)c2c1. The number of piperidine rings is 3. The lowest BCUT2D eigenvalue weighted by Gasteiger charge is -2.50. The molecule has 3 saturated heterocycles. The van der Waals surface area contributed by atoms with Crippen LogP contribution in [-0.4, -0.2) is 52.3 Å². The Morgan fingerprint density at radius 1 is 1.40 bits per heavy atom. The number of aromatic nitrogens is 1. The number of pyridine rings is 1. The van der Waals surface area contributed by atoms with Gasteiger partial charge in [0.05, 0.1) is 24.6 Å². The van der Waals surface area contributed by atoms with Crippen LogP contribution < -0.4 is 4.74 Å². The molecule has 4 heterocycles. The van der Waals surface area contributed by atoms with Gasteiger partial charge >= 0.3 is 5.97 Å². The highest BCUT2D eigenvalue weighted by Crippen LogP contribution is 2.42. The van der Waals surface area contributed by atoms with Crippen LogP contribution in [-0.2, 0) is 4.79 Å². The van der Waals surface area contributed by atoms with Crippen molar-refractivity contribution in [1.29, 1.82) is 0 Å². The lowest BCUT2D eigenvalue weighted by molar-refractivity contribution is -0.152. The number of carboxylic acids is 1. The van der Waals surface area contributed by atoms with E-state index in [9.17, 15) is 15.0 Å². The quantitative estimate of drug-likeness (QED) is 0.885. The van der Waals surface area contributed by atoms with Gasteiger partial charge in [-0.05, 0) is 55.1 Å². The Labute approximate surface area is 146 Å². The number of carboxylic acid groups (broad SMARTS) is 1. The van der Waals surface area contributed by atoms with Gasteiger partial charge in [-0.25, -0.2) is 0 Å². The molecule has 5 rings (SSSR count). The second-order valence-corrected chi connectivity index (χ2v) is 7.02. The number of hydrogen-bond donors (Lipinski definition) is 2. The summed E-state index contributed by atoms with van der Waals surface area (Å²) in [6, 6.07) is 7.45. The molecule has 0 saturated carbocycles. The molecule has 5 atom stereocenters. The van der Waals surface area contributed by atoms with Crippen LogP contribution in [0.2, 0.25) is 0 Å². The Morgan fingerprint density at radius 2 is 2.24 bits per heavy atom. The van der Waals surface area contributed by atoms with Crippen molar-refractivity contribution in [3.05, 3.63) is 36.0 Å². The Kier molecular flexibility index (Phi) is 4.09. The molecule has 1 unspecified atom stereocenters. The van der Waals surface area contributed by atoms with E-state index in [4.69, 9.17) is 4.74 Å². The summed E-state index contributed by atoms with van der Waals surface area (Å²) in [6.07, 6.45) is 2.65. The molecule has 1 aromatic carbocycles. The molecule has 2 bridgehead atoms. The monoisotopic (exact) mass is 342 g/mol. The first-order chi connectivity index (χ1) is 12.1. The number of aliphatic hydroxyl groups is 1. The zero-order chi connectivity index (χ0) is 17.6. The number of fused-ring (bicyclic) bond motifs is 4. The van der Waals surface area contributed by atoms with E-state index in [1.807, 2.05) is 24.3 Å². The topological polar surface area (TPSA) is 82.9 Å². The predicted molar refractivity (Wildman–Crippen MR) is 92.5 cm³/mol. The van der Waals surface area contributed by atoms with E-state index in [0.717, 1.165) is 35.2 Å². The van der Waals surface area contributed by atoms with Crippen LogP contribution >= 0.6 is 0 Å². The van der Waals surface area contributed by atoms with E-state index in [1.165, 1.54) is 0 Å². The molecule has 3 fully saturated rings. The van der Waals surface area contributed by atoms with E-state index in [-0.39, 0.29) is 17.9 Å². The number of aliphatic carboxylic acids is 1. The summed E-state index contributed by atoms with van der Waals surface area (Å²) in [5.74, 6) is -0.164. The number of carbonyl (C=O) groups is 1. The van der Waals surface area contributed by atoms with Crippen molar-refractivity contribution in [3.8, 4) is 5.75 Å². The maximum Gasteiger partial charge on any atom is 0.308 e. The van der Waals surface area contributed by atoms with E-state index in [1.54, 1.807) is 13.3 Å². The first kappa shape index (κ1) is 16.3. The smallest absolute Gasteiger partial charge is 0.308 e. The van der Waals surface area contributed by atoms with Crippen molar-refractivity contribution in [3.63, 3.8) is 0 Å². The molecule has 6 nitrogen and oxygen atoms in total. The summed E-state index contributed by atoms with van der Waals surface area (Å²) in [7, 11) is 1.62. The van der Waals surface area contributed by atoms with Gasteiger partial charge in [-0.3, -0.25) is 14.7 Å². The number of ether oxygens (including phenoxy) is 1. The highest BCUT2D eigenvalue weighted by Gasteiger charge is 2.45. The third kappa shape index (κ3) is 2.75. The largest absolute Gasteiger partial charge is 0.497 e. The Balaban J connectivity index is 1.67. The first-order valence-corrected chi connectivity index (χ1v) is 8.66. The molecule has 0 radical (unpaired) electrons. The zero-order valence-electron chi connectivity index (χ0n) is 14.1. The van der Waals surface area contributed by atoms with Gasteiger partial charge in [-0.2, -0.15) is 0 Å². The number of methoxy groups -OCH3 is 1. The second-order valence-electron chi connectivity index (χ2n) is 7.02. The summed E-state index contributed by atoms with van der Waals surface area (Å²) in [5.41, 5.74) is 1.64. The van der Waals surface area contributed by atoms with Crippen molar-refractivity contribution in [1.82, 2.24) is 9.88 Å². The van der Waals surface area contributed by atoms with Gasteiger partial charge in [0.1, 0.15) is 5.75 Å². The number of nitrogens with zero attached hydrogens (tertiary/aromatic N) is 2. The minimum atomic E-state index is -0.721. The van der Waals surface area contributed by atoms with Crippen LogP contribution in [0.1, 0.15) is 24.5 Å². The van der Waals surface area contributed by atoms with Crippen molar-refractivity contribution < 1.29 is 19.7 Å². The Hall–Kier alpha value is -2.18. The normalized spacial score (nSPS) is 29.5. The fourth-order valence-electron chi connectivity index (χ4n) is 4.42. The molecule has 2 N–H and O–H groups in total. The zero-order valence-corrected chi connectivity index (χ0v) is 14.1. The van der Waals surface area contributed by atoms with E-state index < -0.39 is 12.1 Å². The minimum Gasteiger partial charge on any atom is -0.497 e. The van der Waals surface area contributed by atoms with E-state index in [2.05, 4.69) is 9.88 Å². The third-order valence-corrected chi connectivity index (χ3v) is 5.78. The predicted octanol–water partition coefficient (Wildman–Crippen LogP) is 2.07. The lowest BCUT2D eigenvalue weighted by atomic mass is 9.73. The maximum atomic E-state index is 11.4. The van der Waals surface area contributed by atoms with Crippen LogP contribution in [0.3, 0.4) is 0 Å². The standard InChI is InChI=1S/C19H22N2O4/c1-25-12-2-3-16-14(9-12)13(4-6-20-16)18(22)17-8-11-5-7-21(17)10-15(11)19(23)24/h2-4,6,9,11,15,17-18,22H,5,7-8,10H2,1H3,(H,23,24)/t11-,15-,17-,18+/m0/s1. The second kappa shape index (κ2) is 6.28. The number of rotatable bonds is 4. The van der Waals surface area contributed by atoms with E-state index >= 15 is 0 Å². The van der Waals surface area contributed by atoms with Crippen molar-refractivity contribution >= 4 is 16.9 Å². The fourth-order valence-corrected chi connectivity index (χ4v) is 4.42.